The molecule has 0 amide bonds. The van der Waals surface area contributed by atoms with Crippen molar-refractivity contribution in [2.45, 2.75) is 52.0 Å². The summed E-state index contributed by atoms with van der Waals surface area (Å²) in [5.41, 5.74) is -0.789. The number of carbonyl (C=O) groups is 1. The van der Waals surface area contributed by atoms with Gasteiger partial charge in [-0.3, -0.25) is 14.2 Å². The Bertz CT molecular complexity index is 577. The lowest BCUT2D eigenvalue weighted by molar-refractivity contribution is 0.101. The topological polar surface area (TPSA) is 71.9 Å². The highest BCUT2D eigenvalue weighted by molar-refractivity contribution is 5.93. The molecule has 2 rings (SSSR count). The van der Waals surface area contributed by atoms with E-state index in [0.29, 0.717) is 5.92 Å². The van der Waals surface area contributed by atoms with Crippen LogP contribution in [0.4, 0.5) is 0 Å². The van der Waals surface area contributed by atoms with Crippen LogP contribution in [-0.4, -0.2) is 15.3 Å². The van der Waals surface area contributed by atoms with Crippen molar-refractivity contribution in [2.75, 3.05) is 0 Å². The zero-order valence-electron chi connectivity index (χ0n) is 11.4. The van der Waals surface area contributed by atoms with Crippen molar-refractivity contribution in [1.82, 2.24) is 9.55 Å². The van der Waals surface area contributed by atoms with Crippen LogP contribution < -0.4 is 11.2 Å². The maximum atomic E-state index is 12.2. The number of nitrogens with one attached hydrogen (secondary N) is 1. The second kappa shape index (κ2) is 5.55. The molecule has 0 aliphatic heterocycles. The molecule has 1 fully saturated rings. The first-order valence-electron chi connectivity index (χ1n) is 6.89. The smallest absolute Gasteiger partial charge is 0.313 e. The minimum absolute atomic E-state index is 0.0669. The van der Waals surface area contributed by atoms with E-state index < -0.39 is 11.2 Å². The Kier molecular flexibility index (Phi) is 4.02. The molecule has 104 valence electrons. The molecule has 0 unspecified atom stereocenters. The van der Waals surface area contributed by atoms with Crippen molar-refractivity contribution in [1.29, 1.82) is 0 Å². The van der Waals surface area contributed by atoms with Crippen LogP contribution in [0, 0.1) is 5.92 Å². The minimum Gasteiger partial charge on any atom is -0.313 e. The molecule has 5 heteroatoms. The van der Waals surface area contributed by atoms with Crippen molar-refractivity contribution in [3.8, 4) is 0 Å². The number of carbonyl (C=O) groups excluding carboxylic acids is 1. The van der Waals surface area contributed by atoms with E-state index in [1.807, 2.05) is 0 Å². The highest BCUT2D eigenvalue weighted by atomic mass is 16.2. The van der Waals surface area contributed by atoms with Gasteiger partial charge in [0, 0.05) is 12.2 Å². The molecule has 1 heterocycles. The van der Waals surface area contributed by atoms with Crippen molar-refractivity contribution >= 4 is 5.78 Å². The third-order valence-corrected chi connectivity index (χ3v) is 4.15. The molecule has 0 radical (unpaired) electrons. The van der Waals surface area contributed by atoms with Gasteiger partial charge in [-0.1, -0.05) is 13.3 Å². The van der Waals surface area contributed by atoms with Crippen LogP contribution >= 0.6 is 0 Å². The quantitative estimate of drug-likeness (QED) is 0.847. The summed E-state index contributed by atoms with van der Waals surface area (Å²) < 4.78 is 1.24. The van der Waals surface area contributed by atoms with Gasteiger partial charge < -0.3 is 4.98 Å². The summed E-state index contributed by atoms with van der Waals surface area (Å²) in [6.07, 6.45) is 6.12. The normalized spacial score (nSPS) is 23.3. The van der Waals surface area contributed by atoms with Gasteiger partial charge in [-0.15, -0.1) is 0 Å². The zero-order chi connectivity index (χ0) is 14.0. The van der Waals surface area contributed by atoms with Crippen LogP contribution in [0.1, 0.15) is 62.4 Å². The lowest BCUT2D eigenvalue weighted by Crippen LogP contribution is -2.41. The highest BCUT2D eigenvalue weighted by Gasteiger charge is 2.24. The van der Waals surface area contributed by atoms with Gasteiger partial charge in [-0.25, -0.2) is 4.79 Å². The standard InChI is InChI=1S/C14H20N2O3/c1-3-10-4-6-11(7-5-10)16-13(18)12(9(2)17)8-15-14(16)19/h8,10-11H,3-7H2,1-2H3,(H,15,19). The summed E-state index contributed by atoms with van der Waals surface area (Å²) >= 11 is 0. The molecule has 1 aliphatic carbocycles. The summed E-state index contributed by atoms with van der Waals surface area (Å²) in [5, 5.41) is 0. The van der Waals surface area contributed by atoms with Gasteiger partial charge >= 0.3 is 5.69 Å². The van der Waals surface area contributed by atoms with Crippen LogP contribution in [0.15, 0.2) is 15.8 Å². The third kappa shape index (κ3) is 2.69. The largest absolute Gasteiger partial charge is 0.328 e. The number of H-pyrrole nitrogens is 1. The Hall–Kier alpha value is -1.65. The van der Waals surface area contributed by atoms with Gasteiger partial charge in [0.2, 0.25) is 0 Å². The van der Waals surface area contributed by atoms with E-state index in [9.17, 15) is 14.4 Å². The predicted octanol–water partition coefficient (Wildman–Crippen LogP) is 1.88. The van der Waals surface area contributed by atoms with Crippen molar-refractivity contribution < 1.29 is 4.79 Å². The van der Waals surface area contributed by atoms with E-state index in [1.54, 1.807) is 0 Å². The monoisotopic (exact) mass is 264 g/mol. The number of aromatic nitrogens is 2. The van der Waals surface area contributed by atoms with Gasteiger partial charge in [-0.2, -0.15) is 0 Å². The number of ketones is 1. The molecule has 1 saturated carbocycles. The summed E-state index contributed by atoms with van der Waals surface area (Å²) in [5.74, 6) is 0.388. The number of rotatable bonds is 3. The first-order chi connectivity index (χ1) is 9.04. The number of aromatic amines is 1. The Labute approximate surface area is 111 Å². The van der Waals surface area contributed by atoms with E-state index >= 15 is 0 Å². The number of nitrogens with zero attached hydrogens (tertiary/aromatic N) is 1. The SMILES string of the molecule is CCC1CCC(n2c(=O)[nH]cc(C(C)=O)c2=O)CC1. The Morgan fingerprint density at radius 2 is 1.95 bits per heavy atom. The molecular weight excluding hydrogens is 244 g/mol. The predicted molar refractivity (Wildman–Crippen MR) is 72.6 cm³/mol. The van der Waals surface area contributed by atoms with E-state index in [-0.39, 0.29) is 17.4 Å². The van der Waals surface area contributed by atoms with Gasteiger partial charge in [0.05, 0.1) is 5.56 Å². The van der Waals surface area contributed by atoms with E-state index in [1.165, 1.54) is 17.7 Å². The molecule has 1 aromatic rings. The maximum Gasteiger partial charge on any atom is 0.328 e. The van der Waals surface area contributed by atoms with E-state index in [4.69, 9.17) is 0 Å². The molecule has 1 aliphatic rings. The van der Waals surface area contributed by atoms with Gasteiger partial charge in [0.25, 0.3) is 5.56 Å². The molecule has 0 aromatic carbocycles. The molecule has 19 heavy (non-hydrogen) atoms. The van der Waals surface area contributed by atoms with Crippen molar-refractivity contribution in [3.05, 3.63) is 32.6 Å². The summed E-state index contributed by atoms with van der Waals surface area (Å²) in [7, 11) is 0. The first kappa shape index (κ1) is 13.8. The molecule has 0 bridgehead atoms. The molecule has 1 aromatic heterocycles. The van der Waals surface area contributed by atoms with Crippen molar-refractivity contribution in [2.24, 2.45) is 5.92 Å². The fourth-order valence-corrected chi connectivity index (χ4v) is 2.88. The number of hydrogen-bond donors (Lipinski definition) is 1. The lowest BCUT2D eigenvalue weighted by atomic mass is 9.84. The second-order valence-electron chi connectivity index (χ2n) is 5.32. The molecule has 0 atom stereocenters. The average Bonchev–Trinajstić information content (AvgIpc) is 2.39. The number of Topliss-reactive ketones (excluding diaryl/α,β-unsaturated/α-hetero) is 1. The van der Waals surface area contributed by atoms with Crippen LogP contribution in [0.25, 0.3) is 0 Å². The van der Waals surface area contributed by atoms with E-state index in [0.717, 1.165) is 32.1 Å². The first-order valence-corrected chi connectivity index (χ1v) is 6.89. The van der Waals surface area contributed by atoms with Gasteiger partial charge in [0.1, 0.15) is 0 Å². The summed E-state index contributed by atoms with van der Waals surface area (Å²) in [6, 6.07) is -0.0710. The van der Waals surface area contributed by atoms with Gasteiger partial charge in [-0.05, 0) is 38.5 Å². The van der Waals surface area contributed by atoms with Crippen LogP contribution in [0.2, 0.25) is 0 Å². The fourth-order valence-electron chi connectivity index (χ4n) is 2.88. The summed E-state index contributed by atoms with van der Waals surface area (Å²) in [4.78, 5) is 37.9. The maximum absolute atomic E-state index is 12.2. The lowest BCUT2D eigenvalue weighted by Gasteiger charge is -2.28. The van der Waals surface area contributed by atoms with Crippen molar-refractivity contribution in [3.63, 3.8) is 0 Å². The fraction of sp³-hybridized carbons (Fsp3) is 0.643. The van der Waals surface area contributed by atoms with Crippen LogP contribution in [0.5, 0.6) is 0 Å². The molecule has 0 spiro atoms. The van der Waals surface area contributed by atoms with Crippen LogP contribution in [0.3, 0.4) is 0 Å². The molecule has 0 saturated heterocycles. The molecule has 5 nitrogen and oxygen atoms in total. The van der Waals surface area contributed by atoms with E-state index in [2.05, 4.69) is 11.9 Å². The molecule has 1 N–H and O–H groups in total. The Balaban J connectivity index is 2.35. The Morgan fingerprint density at radius 3 is 2.47 bits per heavy atom. The third-order valence-electron chi connectivity index (χ3n) is 4.15. The zero-order valence-corrected chi connectivity index (χ0v) is 11.4. The molecular formula is C14H20N2O3. The summed E-state index contributed by atoms with van der Waals surface area (Å²) in [6.45, 7) is 3.51. The second-order valence-corrected chi connectivity index (χ2v) is 5.32. The van der Waals surface area contributed by atoms with Crippen LogP contribution in [-0.2, 0) is 0 Å². The number of hydrogen-bond acceptors (Lipinski definition) is 3. The Morgan fingerprint density at radius 1 is 1.32 bits per heavy atom. The minimum atomic E-state index is -0.448. The highest BCUT2D eigenvalue weighted by Crippen LogP contribution is 2.32. The van der Waals surface area contributed by atoms with Gasteiger partial charge in [0.15, 0.2) is 5.78 Å². The average molecular weight is 264 g/mol.